The van der Waals surface area contributed by atoms with E-state index >= 15 is 0 Å². The van der Waals surface area contributed by atoms with Gasteiger partial charge in [0.2, 0.25) is 0 Å². The van der Waals surface area contributed by atoms with Gasteiger partial charge in [0, 0.05) is 18.3 Å². The van der Waals surface area contributed by atoms with Crippen LogP contribution in [0, 0.1) is 0 Å². The van der Waals surface area contributed by atoms with Crippen molar-refractivity contribution in [2.45, 2.75) is 25.4 Å². The first kappa shape index (κ1) is 14.5. The summed E-state index contributed by atoms with van der Waals surface area (Å²) in [6, 6.07) is 7.00. The molecule has 4 heteroatoms. The summed E-state index contributed by atoms with van der Waals surface area (Å²) >= 11 is 2.04. The van der Waals surface area contributed by atoms with Crippen LogP contribution in [0.15, 0.2) is 18.2 Å². The molecule has 0 radical (unpaired) electrons. The Kier molecular flexibility index (Phi) is 5.40. The molecule has 1 aliphatic rings. The normalized spacial score (nSPS) is 19.5. The van der Waals surface area contributed by atoms with Crippen LogP contribution >= 0.6 is 11.8 Å². The highest BCUT2D eigenvalue weighted by molar-refractivity contribution is 7.99. The van der Waals surface area contributed by atoms with Crippen LogP contribution in [-0.2, 0) is 6.54 Å². The molecule has 1 aliphatic heterocycles. The van der Waals surface area contributed by atoms with Crippen molar-refractivity contribution in [1.29, 1.82) is 0 Å². The van der Waals surface area contributed by atoms with Crippen molar-refractivity contribution in [2.75, 3.05) is 38.0 Å². The summed E-state index contributed by atoms with van der Waals surface area (Å²) in [6.07, 6.45) is 2.57. The molecule has 106 valence electrons. The van der Waals surface area contributed by atoms with Crippen LogP contribution < -0.4 is 10.1 Å². The lowest BCUT2D eigenvalue weighted by atomic mass is 10.1. The molecule has 3 nitrogen and oxygen atoms in total. The van der Waals surface area contributed by atoms with Crippen LogP contribution in [0.4, 0.5) is 5.69 Å². The van der Waals surface area contributed by atoms with Gasteiger partial charge in [-0.15, -0.1) is 0 Å². The van der Waals surface area contributed by atoms with E-state index in [-0.39, 0.29) is 0 Å². The number of ether oxygens (including phenoxy) is 1. The van der Waals surface area contributed by atoms with E-state index in [1.807, 2.05) is 11.8 Å². The number of hydrogen-bond acceptors (Lipinski definition) is 4. The predicted molar refractivity (Wildman–Crippen MR) is 84.4 cm³/mol. The molecule has 1 aromatic carbocycles. The highest BCUT2D eigenvalue weighted by Gasteiger charge is 2.15. The zero-order valence-corrected chi connectivity index (χ0v) is 12.9. The lowest BCUT2D eigenvalue weighted by molar-refractivity contribution is 0.400. The fourth-order valence-corrected chi connectivity index (χ4v) is 3.48. The van der Waals surface area contributed by atoms with Crippen LogP contribution in [0.2, 0.25) is 0 Å². The van der Waals surface area contributed by atoms with Gasteiger partial charge in [-0.25, -0.2) is 0 Å². The Hall–Kier alpha value is -0.870. The Morgan fingerprint density at radius 2 is 2.26 bits per heavy atom. The Bertz CT molecular complexity index is 403. The van der Waals surface area contributed by atoms with Gasteiger partial charge < -0.3 is 15.0 Å². The van der Waals surface area contributed by atoms with Gasteiger partial charge in [0.15, 0.2) is 0 Å². The first-order valence-corrected chi connectivity index (χ1v) is 8.00. The number of nitrogens with zero attached hydrogens (tertiary/aromatic N) is 1. The van der Waals surface area contributed by atoms with E-state index in [0.717, 1.165) is 18.0 Å². The van der Waals surface area contributed by atoms with E-state index in [1.54, 1.807) is 7.11 Å². The Morgan fingerprint density at radius 3 is 2.89 bits per heavy atom. The topological polar surface area (TPSA) is 24.5 Å². The lowest BCUT2D eigenvalue weighted by Crippen LogP contribution is -2.26. The summed E-state index contributed by atoms with van der Waals surface area (Å²) in [5.74, 6) is 3.44. The summed E-state index contributed by atoms with van der Waals surface area (Å²) in [5.41, 5.74) is 2.45. The first-order valence-electron chi connectivity index (χ1n) is 6.85. The third-order valence-electron chi connectivity index (χ3n) is 3.28. The fourth-order valence-electron chi connectivity index (χ4n) is 2.41. The average Bonchev–Trinajstić information content (AvgIpc) is 2.39. The standard InChI is InChI=1S/C15H24N2OS/c1-17(2)10-12-6-7-15(18-3)14(9-12)16-13-5-4-8-19-11-13/h6-7,9,13,16H,4-5,8,10-11H2,1-3H3. The van der Waals surface area contributed by atoms with Gasteiger partial charge in [0.05, 0.1) is 12.8 Å². The largest absolute Gasteiger partial charge is 0.495 e. The van der Waals surface area contributed by atoms with Crippen LogP contribution in [0.5, 0.6) is 5.75 Å². The van der Waals surface area contributed by atoms with Gasteiger partial charge in [-0.05, 0) is 50.4 Å². The second kappa shape index (κ2) is 7.06. The maximum Gasteiger partial charge on any atom is 0.141 e. The van der Waals surface area contributed by atoms with Gasteiger partial charge in [0.1, 0.15) is 5.75 Å². The highest BCUT2D eigenvalue weighted by Crippen LogP contribution is 2.29. The molecule has 1 aromatic rings. The number of thioether (sulfide) groups is 1. The van der Waals surface area contributed by atoms with Crippen molar-refractivity contribution >= 4 is 17.4 Å². The second-order valence-electron chi connectivity index (χ2n) is 5.33. The molecule has 1 heterocycles. The van der Waals surface area contributed by atoms with Crippen molar-refractivity contribution in [3.63, 3.8) is 0 Å². The molecule has 1 fully saturated rings. The quantitative estimate of drug-likeness (QED) is 0.896. The second-order valence-corrected chi connectivity index (χ2v) is 6.48. The monoisotopic (exact) mass is 280 g/mol. The van der Waals surface area contributed by atoms with Crippen molar-refractivity contribution < 1.29 is 4.74 Å². The summed E-state index contributed by atoms with van der Waals surface area (Å²) < 4.78 is 5.46. The van der Waals surface area contributed by atoms with Crippen molar-refractivity contribution in [3.05, 3.63) is 23.8 Å². The average molecular weight is 280 g/mol. The summed E-state index contributed by atoms with van der Waals surface area (Å²) in [4.78, 5) is 2.18. The van der Waals surface area contributed by atoms with Gasteiger partial charge in [-0.3, -0.25) is 0 Å². The van der Waals surface area contributed by atoms with Crippen molar-refractivity contribution in [1.82, 2.24) is 4.90 Å². The van der Waals surface area contributed by atoms with E-state index in [2.05, 4.69) is 42.5 Å². The zero-order chi connectivity index (χ0) is 13.7. The third kappa shape index (κ3) is 4.32. The molecular formula is C15H24N2OS. The molecule has 0 bridgehead atoms. The molecule has 0 saturated carbocycles. The predicted octanol–water partition coefficient (Wildman–Crippen LogP) is 3.06. The number of anilines is 1. The van der Waals surface area contributed by atoms with Gasteiger partial charge in [-0.2, -0.15) is 11.8 Å². The Morgan fingerprint density at radius 1 is 1.42 bits per heavy atom. The molecule has 0 amide bonds. The SMILES string of the molecule is COc1ccc(CN(C)C)cc1NC1CCCSC1. The summed E-state index contributed by atoms with van der Waals surface area (Å²) in [7, 11) is 5.92. The Labute approximate surface area is 120 Å². The molecule has 19 heavy (non-hydrogen) atoms. The zero-order valence-electron chi connectivity index (χ0n) is 12.1. The molecule has 0 aliphatic carbocycles. The minimum atomic E-state index is 0.572. The van der Waals surface area contributed by atoms with E-state index < -0.39 is 0 Å². The van der Waals surface area contributed by atoms with Gasteiger partial charge in [-0.1, -0.05) is 6.07 Å². The Balaban J connectivity index is 2.10. The highest BCUT2D eigenvalue weighted by atomic mass is 32.2. The number of rotatable bonds is 5. The molecule has 2 rings (SSSR count). The molecule has 1 saturated heterocycles. The van der Waals surface area contributed by atoms with Crippen LogP contribution in [0.3, 0.4) is 0 Å². The number of methoxy groups -OCH3 is 1. The molecule has 1 atom stereocenters. The number of nitrogens with one attached hydrogen (secondary N) is 1. The maximum absolute atomic E-state index is 5.46. The first-order chi connectivity index (χ1) is 9.19. The minimum Gasteiger partial charge on any atom is -0.495 e. The van der Waals surface area contributed by atoms with Crippen LogP contribution in [0.25, 0.3) is 0 Å². The molecule has 0 spiro atoms. The fraction of sp³-hybridized carbons (Fsp3) is 0.600. The van der Waals surface area contributed by atoms with E-state index in [1.165, 1.54) is 29.9 Å². The molecule has 1 N–H and O–H groups in total. The minimum absolute atomic E-state index is 0.572. The summed E-state index contributed by atoms with van der Waals surface area (Å²) in [5, 5.41) is 3.65. The smallest absolute Gasteiger partial charge is 0.141 e. The van der Waals surface area contributed by atoms with Crippen molar-refractivity contribution in [2.24, 2.45) is 0 Å². The van der Waals surface area contributed by atoms with E-state index in [0.29, 0.717) is 6.04 Å². The lowest BCUT2D eigenvalue weighted by Gasteiger charge is -2.25. The summed E-state index contributed by atoms with van der Waals surface area (Å²) in [6.45, 7) is 0.956. The van der Waals surface area contributed by atoms with Crippen LogP contribution in [0.1, 0.15) is 18.4 Å². The third-order valence-corrected chi connectivity index (χ3v) is 4.50. The van der Waals surface area contributed by atoms with Gasteiger partial charge >= 0.3 is 0 Å². The molecule has 1 unspecified atom stereocenters. The van der Waals surface area contributed by atoms with E-state index in [9.17, 15) is 0 Å². The number of benzene rings is 1. The van der Waals surface area contributed by atoms with Crippen molar-refractivity contribution in [3.8, 4) is 5.75 Å². The molecule has 0 aromatic heterocycles. The van der Waals surface area contributed by atoms with Gasteiger partial charge in [0.25, 0.3) is 0 Å². The number of hydrogen-bond donors (Lipinski definition) is 1. The van der Waals surface area contributed by atoms with Crippen LogP contribution in [-0.4, -0.2) is 43.7 Å². The van der Waals surface area contributed by atoms with E-state index in [4.69, 9.17) is 4.74 Å². The molecular weight excluding hydrogens is 256 g/mol. The maximum atomic E-state index is 5.46.